The number of nitrogens with zero attached hydrogens (tertiary/aromatic N) is 4. The van der Waals surface area contributed by atoms with Gasteiger partial charge in [0, 0.05) is 31.9 Å². The van der Waals surface area contributed by atoms with Gasteiger partial charge >= 0.3 is 0 Å². The van der Waals surface area contributed by atoms with E-state index in [2.05, 4.69) is 39.2 Å². The van der Waals surface area contributed by atoms with Gasteiger partial charge in [-0.05, 0) is 36.5 Å². The van der Waals surface area contributed by atoms with Crippen LogP contribution in [0.5, 0.6) is 5.75 Å². The normalized spacial score (nSPS) is 15.1. The molecule has 1 fully saturated rings. The smallest absolute Gasteiger partial charge is 0.288 e. The number of para-hydroxylation sites is 2. The Kier molecular flexibility index (Phi) is 5.22. The Morgan fingerprint density at radius 3 is 2.44 bits per heavy atom. The third-order valence-corrected chi connectivity index (χ3v) is 5.07. The zero-order valence-corrected chi connectivity index (χ0v) is 16.1. The highest BCUT2D eigenvalue weighted by molar-refractivity contribution is 7.71. The van der Waals surface area contributed by atoms with Crippen LogP contribution in [0.3, 0.4) is 0 Å². The summed E-state index contributed by atoms with van der Waals surface area (Å²) in [5, 5.41) is 4.57. The van der Waals surface area contributed by atoms with Crippen LogP contribution in [-0.4, -0.2) is 48.0 Å². The first-order valence-electron chi connectivity index (χ1n) is 8.98. The molecule has 140 valence electrons. The Morgan fingerprint density at radius 2 is 1.70 bits per heavy atom. The lowest BCUT2D eigenvalue weighted by atomic mass is 10.2. The van der Waals surface area contributed by atoms with Gasteiger partial charge in [0.25, 0.3) is 10.7 Å². The maximum atomic E-state index is 5.72. The van der Waals surface area contributed by atoms with E-state index in [-0.39, 0.29) is 0 Å². The fraction of sp³-hybridized carbons (Fsp3) is 0.300. The average molecular weight is 382 g/mol. The van der Waals surface area contributed by atoms with E-state index in [1.807, 2.05) is 30.3 Å². The summed E-state index contributed by atoms with van der Waals surface area (Å²) in [6, 6.07) is 18.2. The molecule has 1 saturated heterocycles. The number of benzene rings is 2. The second-order valence-electron chi connectivity index (χ2n) is 6.45. The summed E-state index contributed by atoms with van der Waals surface area (Å²) < 4.78 is 12.9. The van der Waals surface area contributed by atoms with Crippen molar-refractivity contribution in [1.29, 1.82) is 0 Å². The molecule has 1 aromatic heterocycles. The van der Waals surface area contributed by atoms with Crippen molar-refractivity contribution in [1.82, 2.24) is 14.7 Å². The van der Waals surface area contributed by atoms with Gasteiger partial charge in [0.05, 0.1) is 19.3 Å². The van der Waals surface area contributed by atoms with E-state index in [1.54, 1.807) is 11.8 Å². The van der Waals surface area contributed by atoms with E-state index < -0.39 is 0 Å². The number of hydrogen-bond donors (Lipinski definition) is 0. The summed E-state index contributed by atoms with van der Waals surface area (Å²) in [4.78, 5) is 5.11. The number of methoxy groups -OCH3 is 1. The van der Waals surface area contributed by atoms with Gasteiger partial charge in [0.1, 0.15) is 5.75 Å². The van der Waals surface area contributed by atoms with Crippen molar-refractivity contribution < 1.29 is 9.15 Å². The van der Waals surface area contributed by atoms with Gasteiger partial charge in [-0.2, -0.15) is 0 Å². The summed E-state index contributed by atoms with van der Waals surface area (Å²) in [5.41, 5.74) is 2.08. The fourth-order valence-electron chi connectivity index (χ4n) is 3.30. The van der Waals surface area contributed by atoms with Gasteiger partial charge in [-0.25, -0.2) is 4.68 Å². The van der Waals surface area contributed by atoms with E-state index >= 15 is 0 Å². The van der Waals surface area contributed by atoms with Gasteiger partial charge in [0.15, 0.2) is 0 Å². The largest absolute Gasteiger partial charge is 0.496 e. The molecule has 0 N–H and O–H groups in total. The van der Waals surface area contributed by atoms with Crippen molar-refractivity contribution in [3.63, 3.8) is 0 Å². The number of ether oxygens (including phenoxy) is 1. The summed E-state index contributed by atoms with van der Waals surface area (Å²) in [6.45, 7) is 4.49. The van der Waals surface area contributed by atoms with Crippen LogP contribution in [0.1, 0.15) is 0 Å². The molecular formula is C20H22N4O2S. The molecule has 27 heavy (non-hydrogen) atoms. The van der Waals surface area contributed by atoms with E-state index in [0.717, 1.165) is 37.5 Å². The van der Waals surface area contributed by atoms with Crippen LogP contribution in [0, 0.1) is 4.84 Å². The number of piperazine rings is 1. The van der Waals surface area contributed by atoms with Crippen LogP contribution in [0.25, 0.3) is 11.5 Å². The lowest BCUT2D eigenvalue weighted by Gasteiger charge is -2.35. The monoisotopic (exact) mass is 382 g/mol. The predicted molar refractivity (Wildman–Crippen MR) is 108 cm³/mol. The molecule has 0 spiro atoms. The molecule has 2 heterocycles. The molecular weight excluding hydrogens is 360 g/mol. The van der Waals surface area contributed by atoms with Crippen molar-refractivity contribution in [3.05, 3.63) is 59.4 Å². The van der Waals surface area contributed by atoms with Gasteiger partial charge in [0.2, 0.25) is 0 Å². The number of hydrogen-bond acceptors (Lipinski definition) is 6. The molecule has 1 aliphatic rings. The van der Waals surface area contributed by atoms with E-state index in [1.165, 1.54) is 5.69 Å². The van der Waals surface area contributed by atoms with Crippen LogP contribution >= 0.6 is 12.2 Å². The topological polar surface area (TPSA) is 46.7 Å². The van der Waals surface area contributed by atoms with Gasteiger partial charge < -0.3 is 14.1 Å². The molecule has 0 amide bonds. The molecule has 6 nitrogen and oxygen atoms in total. The number of rotatable bonds is 5. The Bertz CT molecular complexity index is 946. The van der Waals surface area contributed by atoms with E-state index in [4.69, 9.17) is 21.4 Å². The Morgan fingerprint density at radius 1 is 1.00 bits per heavy atom. The number of aromatic nitrogens is 2. The second kappa shape index (κ2) is 7.94. The molecule has 7 heteroatoms. The van der Waals surface area contributed by atoms with Crippen molar-refractivity contribution >= 4 is 17.9 Å². The zero-order valence-electron chi connectivity index (χ0n) is 15.2. The molecule has 0 saturated carbocycles. The molecule has 2 aromatic carbocycles. The Hall–Kier alpha value is -2.64. The summed E-state index contributed by atoms with van der Waals surface area (Å²) in [7, 11) is 1.64. The highest BCUT2D eigenvalue weighted by Crippen LogP contribution is 2.28. The summed E-state index contributed by atoms with van der Waals surface area (Å²) >= 11 is 5.38. The van der Waals surface area contributed by atoms with Gasteiger partial charge in [-0.1, -0.05) is 30.3 Å². The SMILES string of the molecule is COc1ccccc1-c1nn(CN2CCN(c3ccccc3)CC2)c(=S)o1. The standard InChI is InChI=1S/C20H22N4O2S/c1-25-18-10-6-5-9-17(18)19-21-24(20(27)26-19)15-22-11-13-23(14-12-22)16-7-3-2-4-8-16/h2-10H,11-15H2,1H3. The second-order valence-corrected chi connectivity index (χ2v) is 6.80. The predicted octanol–water partition coefficient (Wildman–Crippen LogP) is 3.66. The zero-order chi connectivity index (χ0) is 18.6. The first-order valence-corrected chi connectivity index (χ1v) is 9.39. The molecule has 0 unspecified atom stereocenters. The first-order chi connectivity index (χ1) is 13.2. The van der Waals surface area contributed by atoms with Crippen molar-refractivity contribution in [2.75, 3.05) is 38.2 Å². The minimum absolute atomic E-state index is 0.376. The molecule has 4 rings (SSSR count). The van der Waals surface area contributed by atoms with Crippen LogP contribution in [0.4, 0.5) is 5.69 Å². The first kappa shape index (κ1) is 17.8. The van der Waals surface area contributed by atoms with Crippen LogP contribution in [-0.2, 0) is 6.67 Å². The Balaban J connectivity index is 1.44. The molecule has 0 aliphatic carbocycles. The van der Waals surface area contributed by atoms with Gasteiger partial charge in [-0.3, -0.25) is 4.90 Å². The molecule has 1 aliphatic heterocycles. The van der Waals surface area contributed by atoms with E-state index in [0.29, 0.717) is 17.4 Å². The van der Waals surface area contributed by atoms with Gasteiger partial charge in [-0.15, -0.1) is 5.10 Å². The van der Waals surface area contributed by atoms with Crippen LogP contribution < -0.4 is 9.64 Å². The van der Waals surface area contributed by atoms with Crippen LogP contribution in [0.15, 0.2) is 59.0 Å². The summed E-state index contributed by atoms with van der Waals surface area (Å²) in [5.74, 6) is 1.21. The van der Waals surface area contributed by atoms with Crippen molar-refractivity contribution in [2.45, 2.75) is 6.67 Å². The van der Waals surface area contributed by atoms with E-state index in [9.17, 15) is 0 Å². The quantitative estimate of drug-likeness (QED) is 0.628. The molecule has 0 radical (unpaired) electrons. The van der Waals surface area contributed by atoms with Crippen LogP contribution in [0.2, 0.25) is 0 Å². The third kappa shape index (κ3) is 3.89. The number of anilines is 1. The maximum Gasteiger partial charge on any atom is 0.288 e. The molecule has 0 bridgehead atoms. The average Bonchev–Trinajstić information content (AvgIpc) is 3.09. The third-order valence-electron chi connectivity index (χ3n) is 4.77. The lowest BCUT2D eigenvalue weighted by molar-refractivity contribution is 0.192. The maximum absolute atomic E-state index is 5.72. The van der Waals surface area contributed by atoms with Crippen molar-refractivity contribution in [3.8, 4) is 17.2 Å². The highest BCUT2D eigenvalue weighted by Gasteiger charge is 2.19. The Labute approximate surface area is 163 Å². The molecule has 3 aromatic rings. The van der Waals surface area contributed by atoms with Crippen molar-refractivity contribution in [2.24, 2.45) is 0 Å². The minimum atomic E-state index is 0.376. The fourth-order valence-corrected chi connectivity index (χ4v) is 3.48. The highest BCUT2D eigenvalue weighted by atomic mass is 32.1. The summed E-state index contributed by atoms with van der Waals surface area (Å²) in [6.07, 6.45) is 0. The molecule has 0 atom stereocenters. The lowest BCUT2D eigenvalue weighted by Crippen LogP contribution is -2.46. The minimum Gasteiger partial charge on any atom is -0.496 e.